The lowest BCUT2D eigenvalue weighted by molar-refractivity contribution is 0.0525. The van der Waals surface area contributed by atoms with E-state index >= 15 is 0 Å². The Morgan fingerprint density at radius 2 is 2.00 bits per heavy atom. The SMILES string of the molecule is CCOC(=O)c1ccc(=O)n(-c2cccc(-n3nncc3C)c2)c1. The number of rotatable bonds is 4. The minimum absolute atomic E-state index is 0.240. The Labute approximate surface area is 138 Å². The quantitative estimate of drug-likeness (QED) is 0.685. The van der Waals surface area contributed by atoms with Crippen LogP contribution in [0.2, 0.25) is 0 Å². The highest BCUT2D eigenvalue weighted by Crippen LogP contribution is 2.14. The van der Waals surface area contributed by atoms with Gasteiger partial charge in [-0.1, -0.05) is 11.3 Å². The molecule has 2 heterocycles. The minimum atomic E-state index is -0.463. The maximum absolute atomic E-state index is 12.2. The molecule has 0 saturated heterocycles. The summed E-state index contributed by atoms with van der Waals surface area (Å²) in [4.78, 5) is 24.1. The lowest BCUT2D eigenvalue weighted by Crippen LogP contribution is -2.19. The van der Waals surface area contributed by atoms with E-state index in [2.05, 4.69) is 10.3 Å². The lowest BCUT2D eigenvalue weighted by atomic mass is 10.2. The normalized spacial score (nSPS) is 10.6. The first-order valence-electron chi connectivity index (χ1n) is 7.48. The van der Waals surface area contributed by atoms with Crippen LogP contribution in [0.5, 0.6) is 0 Å². The van der Waals surface area contributed by atoms with Gasteiger partial charge in [0.2, 0.25) is 0 Å². The van der Waals surface area contributed by atoms with Gasteiger partial charge in [-0.25, -0.2) is 9.48 Å². The van der Waals surface area contributed by atoms with Crippen LogP contribution in [0, 0.1) is 6.92 Å². The molecule has 3 aromatic rings. The molecule has 1 aromatic carbocycles. The van der Waals surface area contributed by atoms with Crippen molar-refractivity contribution in [2.24, 2.45) is 0 Å². The van der Waals surface area contributed by atoms with Gasteiger partial charge in [0.15, 0.2) is 0 Å². The fourth-order valence-corrected chi connectivity index (χ4v) is 2.34. The maximum Gasteiger partial charge on any atom is 0.339 e. The highest BCUT2D eigenvalue weighted by molar-refractivity contribution is 5.89. The predicted molar refractivity (Wildman–Crippen MR) is 87.6 cm³/mol. The van der Waals surface area contributed by atoms with Crippen molar-refractivity contribution in [3.8, 4) is 11.4 Å². The molecule has 0 aliphatic carbocycles. The second kappa shape index (κ2) is 6.49. The predicted octanol–water partition coefficient (Wildman–Crippen LogP) is 1.90. The van der Waals surface area contributed by atoms with Crippen molar-refractivity contribution in [1.82, 2.24) is 19.6 Å². The van der Waals surface area contributed by atoms with Gasteiger partial charge < -0.3 is 4.74 Å². The summed E-state index contributed by atoms with van der Waals surface area (Å²) < 4.78 is 8.06. The molecule has 0 fully saturated rings. The van der Waals surface area contributed by atoms with Crippen LogP contribution in [-0.4, -0.2) is 32.1 Å². The molecule has 0 aliphatic heterocycles. The first kappa shape index (κ1) is 15.7. The number of nitrogens with zero attached hydrogens (tertiary/aromatic N) is 4. The highest BCUT2D eigenvalue weighted by atomic mass is 16.5. The Hall–Kier alpha value is -3.22. The molecule has 0 amide bonds. The standard InChI is InChI=1S/C17H16N4O3/c1-3-24-17(23)13-7-8-16(22)20(11-13)14-5-4-6-15(9-14)21-12(2)10-18-19-21/h4-11H,3H2,1-2H3. The lowest BCUT2D eigenvalue weighted by Gasteiger charge is -2.10. The van der Waals surface area contributed by atoms with E-state index in [1.807, 2.05) is 19.1 Å². The number of hydrogen-bond donors (Lipinski definition) is 0. The smallest absolute Gasteiger partial charge is 0.339 e. The number of aryl methyl sites for hydroxylation is 1. The fraction of sp³-hybridized carbons (Fsp3) is 0.176. The van der Waals surface area contributed by atoms with E-state index in [4.69, 9.17) is 4.74 Å². The Kier molecular flexibility index (Phi) is 4.24. The fourth-order valence-electron chi connectivity index (χ4n) is 2.34. The topological polar surface area (TPSA) is 79.0 Å². The number of hydrogen-bond acceptors (Lipinski definition) is 5. The van der Waals surface area contributed by atoms with E-state index in [0.29, 0.717) is 11.3 Å². The van der Waals surface area contributed by atoms with Gasteiger partial charge >= 0.3 is 5.97 Å². The van der Waals surface area contributed by atoms with Crippen molar-refractivity contribution in [3.63, 3.8) is 0 Å². The summed E-state index contributed by atoms with van der Waals surface area (Å²) in [5.41, 5.74) is 2.35. The van der Waals surface area contributed by atoms with E-state index < -0.39 is 5.97 Å². The summed E-state index contributed by atoms with van der Waals surface area (Å²) in [7, 11) is 0. The molecule has 0 atom stereocenters. The van der Waals surface area contributed by atoms with Crippen LogP contribution in [0.1, 0.15) is 23.0 Å². The largest absolute Gasteiger partial charge is 0.462 e. The summed E-state index contributed by atoms with van der Waals surface area (Å²) in [5.74, 6) is -0.463. The van der Waals surface area contributed by atoms with Gasteiger partial charge in [-0.2, -0.15) is 0 Å². The third-order valence-corrected chi connectivity index (χ3v) is 3.49. The van der Waals surface area contributed by atoms with Gasteiger partial charge in [-0.15, -0.1) is 5.10 Å². The van der Waals surface area contributed by atoms with Crippen LogP contribution in [0.4, 0.5) is 0 Å². The maximum atomic E-state index is 12.2. The van der Waals surface area contributed by atoms with Crippen molar-refractivity contribution in [2.75, 3.05) is 6.61 Å². The van der Waals surface area contributed by atoms with E-state index in [-0.39, 0.29) is 12.2 Å². The summed E-state index contributed by atoms with van der Waals surface area (Å²) in [6, 6.07) is 10.1. The Bertz CT molecular complexity index is 943. The van der Waals surface area contributed by atoms with Crippen LogP contribution in [0.3, 0.4) is 0 Å². The second-order valence-corrected chi connectivity index (χ2v) is 5.15. The van der Waals surface area contributed by atoms with Gasteiger partial charge in [0.25, 0.3) is 5.56 Å². The number of carbonyl (C=O) groups is 1. The average molecular weight is 324 g/mol. The number of esters is 1. The molecule has 7 heteroatoms. The zero-order chi connectivity index (χ0) is 17.1. The van der Waals surface area contributed by atoms with Gasteiger partial charge in [-0.05, 0) is 38.1 Å². The molecule has 0 saturated carbocycles. The van der Waals surface area contributed by atoms with Crippen LogP contribution < -0.4 is 5.56 Å². The Morgan fingerprint density at radius 1 is 1.21 bits per heavy atom. The second-order valence-electron chi connectivity index (χ2n) is 5.15. The van der Waals surface area contributed by atoms with Crippen LogP contribution in [-0.2, 0) is 4.74 Å². The molecule has 0 aliphatic rings. The van der Waals surface area contributed by atoms with Crippen molar-refractivity contribution in [2.45, 2.75) is 13.8 Å². The molecule has 2 aromatic heterocycles. The Morgan fingerprint density at radius 3 is 2.71 bits per heavy atom. The molecular formula is C17H16N4O3. The third kappa shape index (κ3) is 2.96. The van der Waals surface area contributed by atoms with Crippen molar-refractivity contribution >= 4 is 5.97 Å². The summed E-state index contributed by atoms with van der Waals surface area (Å²) in [5, 5.41) is 7.88. The molecule has 0 N–H and O–H groups in total. The number of benzene rings is 1. The van der Waals surface area contributed by atoms with E-state index in [1.165, 1.54) is 22.9 Å². The van der Waals surface area contributed by atoms with Gasteiger partial charge in [0.1, 0.15) is 0 Å². The zero-order valence-corrected chi connectivity index (χ0v) is 13.3. The van der Waals surface area contributed by atoms with Crippen LogP contribution in [0.15, 0.2) is 53.6 Å². The summed E-state index contributed by atoms with van der Waals surface area (Å²) >= 11 is 0. The molecule has 3 rings (SSSR count). The van der Waals surface area contributed by atoms with Gasteiger partial charge in [-0.3, -0.25) is 9.36 Å². The molecular weight excluding hydrogens is 308 g/mol. The molecule has 0 radical (unpaired) electrons. The van der Waals surface area contributed by atoms with Crippen molar-refractivity contribution in [3.05, 3.63) is 70.4 Å². The minimum Gasteiger partial charge on any atom is -0.462 e. The van der Waals surface area contributed by atoms with E-state index in [0.717, 1.165) is 11.4 Å². The van der Waals surface area contributed by atoms with E-state index in [9.17, 15) is 9.59 Å². The van der Waals surface area contributed by atoms with Crippen molar-refractivity contribution in [1.29, 1.82) is 0 Å². The number of aromatic nitrogens is 4. The number of ether oxygens (including phenoxy) is 1. The van der Waals surface area contributed by atoms with Crippen LogP contribution >= 0.6 is 0 Å². The van der Waals surface area contributed by atoms with Crippen molar-refractivity contribution < 1.29 is 9.53 Å². The molecule has 0 unspecified atom stereocenters. The molecule has 122 valence electrons. The summed E-state index contributed by atoms with van der Waals surface area (Å²) in [6.45, 7) is 3.90. The first-order valence-corrected chi connectivity index (χ1v) is 7.48. The Balaban J connectivity index is 2.06. The molecule has 24 heavy (non-hydrogen) atoms. The number of pyridine rings is 1. The molecule has 0 bridgehead atoms. The first-order chi connectivity index (χ1) is 11.6. The average Bonchev–Trinajstić information content (AvgIpc) is 3.01. The van der Waals surface area contributed by atoms with Crippen LogP contribution in [0.25, 0.3) is 11.4 Å². The summed E-state index contributed by atoms with van der Waals surface area (Å²) in [6.07, 6.45) is 3.13. The third-order valence-electron chi connectivity index (χ3n) is 3.49. The van der Waals surface area contributed by atoms with Gasteiger partial charge in [0, 0.05) is 12.3 Å². The zero-order valence-electron chi connectivity index (χ0n) is 13.3. The van der Waals surface area contributed by atoms with E-state index in [1.54, 1.807) is 29.9 Å². The molecule has 0 spiro atoms. The van der Waals surface area contributed by atoms with Gasteiger partial charge in [0.05, 0.1) is 35.4 Å². The monoisotopic (exact) mass is 324 g/mol. The highest BCUT2D eigenvalue weighted by Gasteiger charge is 2.10. The number of carbonyl (C=O) groups excluding carboxylic acids is 1. The molecule has 7 nitrogen and oxygen atoms in total.